The van der Waals surface area contributed by atoms with Gasteiger partial charge in [-0.2, -0.15) is 0 Å². The van der Waals surface area contributed by atoms with Gasteiger partial charge in [0.2, 0.25) is 0 Å². The summed E-state index contributed by atoms with van der Waals surface area (Å²) in [5, 5.41) is 11.9. The third-order valence-electron chi connectivity index (χ3n) is 2.52. The Balaban J connectivity index is 2.47. The lowest BCUT2D eigenvalue weighted by molar-refractivity contribution is -0.123. The minimum atomic E-state index is -0.146. The number of benzene rings is 1. The molecule has 4 nitrogen and oxygen atoms in total. The van der Waals surface area contributed by atoms with E-state index in [0.29, 0.717) is 11.3 Å². The van der Waals surface area contributed by atoms with Crippen LogP contribution in [0.1, 0.15) is 25.8 Å². The molecule has 1 amide bonds. The average Bonchev–Trinajstić information content (AvgIpc) is 2.36. The van der Waals surface area contributed by atoms with Gasteiger partial charge in [-0.05, 0) is 19.4 Å². The molecule has 0 fully saturated rings. The fraction of sp³-hybridized carbons (Fsp3) is 0.462. The zero-order chi connectivity index (χ0) is 12.7. The lowest BCUT2D eigenvalue weighted by Crippen LogP contribution is -2.35. The van der Waals surface area contributed by atoms with E-state index in [4.69, 9.17) is 9.84 Å². The molecule has 94 valence electrons. The van der Waals surface area contributed by atoms with Crippen LogP contribution in [0.2, 0.25) is 0 Å². The van der Waals surface area contributed by atoms with Gasteiger partial charge in [0.1, 0.15) is 5.75 Å². The topological polar surface area (TPSA) is 58.6 Å². The van der Waals surface area contributed by atoms with Gasteiger partial charge in [-0.25, -0.2) is 0 Å². The predicted octanol–water partition coefficient (Wildman–Crippen LogP) is 1.47. The van der Waals surface area contributed by atoms with Crippen molar-refractivity contribution in [3.05, 3.63) is 29.8 Å². The molecule has 0 aliphatic heterocycles. The molecular weight excluding hydrogens is 218 g/mol. The summed E-state index contributed by atoms with van der Waals surface area (Å²) in [5.41, 5.74) is 0.684. The minimum absolute atomic E-state index is 0.0264. The second kappa shape index (κ2) is 6.91. The molecule has 2 N–H and O–H groups in total. The molecule has 17 heavy (non-hydrogen) atoms. The molecule has 0 aromatic heterocycles. The number of amides is 1. The maximum atomic E-state index is 11.5. The number of carbonyl (C=O) groups is 1. The zero-order valence-corrected chi connectivity index (χ0v) is 10.3. The Hall–Kier alpha value is -1.55. The predicted molar refractivity (Wildman–Crippen MR) is 65.8 cm³/mol. The molecule has 0 bridgehead atoms. The summed E-state index contributed by atoms with van der Waals surface area (Å²) in [5.74, 6) is 0.404. The van der Waals surface area contributed by atoms with E-state index in [9.17, 15) is 4.79 Å². The molecule has 0 aliphatic rings. The Bertz CT molecular complexity index is 365. The third-order valence-corrected chi connectivity index (χ3v) is 2.52. The van der Waals surface area contributed by atoms with Crippen molar-refractivity contribution in [1.29, 1.82) is 0 Å². The third kappa shape index (κ3) is 4.44. The highest BCUT2D eigenvalue weighted by molar-refractivity contribution is 5.77. The molecule has 1 atom stereocenters. The van der Waals surface area contributed by atoms with Crippen LogP contribution in [-0.2, 0) is 11.4 Å². The van der Waals surface area contributed by atoms with E-state index in [1.807, 2.05) is 19.9 Å². The van der Waals surface area contributed by atoms with Crippen molar-refractivity contribution in [2.75, 3.05) is 6.61 Å². The van der Waals surface area contributed by atoms with Crippen molar-refractivity contribution in [3.8, 4) is 5.75 Å². The second-order valence-corrected chi connectivity index (χ2v) is 3.93. The van der Waals surface area contributed by atoms with Gasteiger partial charge in [0.05, 0.1) is 6.61 Å². The van der Waals surface area contributed by atoms with Gasteiger partial charge in [-0.1, -0.05) is 25.1 Å². The number of carbonyl (C=O) groups excluding carboxylic acids is 1. The molecule has 4 heteroatoms. The first-order chi connectivity index (χ1) is 8.17. The lowest BCUT2D eigenvalue weighted by Gasteiger charge is -2.13. The number of aliphatic hydroxyl groups excluding tert-OH is 1. The molecule has 1 rings (SSSR count). The van der Waals surface area contributed by atoms with Crippen molar-refractivity contribution < 1.29 is 14.6 Å². The first kappa shape index (κ1) is 13.5. The van der Waals surface area contributed by atoms with Crippen LogP contribution in [0.5, 0.6) is 5.75 Å². The van der Waals surface area contributed by atoms with E-state index in [1.54, 1.807) is 18.2 Å². The van der Waals surface area contributed by atoms with Crippen LogP contribution in [0.4, 0.5) is 0 Å². The summed E-state index contributed by atoms with van der Waals surface area (Å²) in [6.07, 6.45) is 0.888. The number of ether oxygens (including phenoxy) is 1. The SMILES string of the molecule is CCC(C)NC(=O)COc1ccccc1CO. The van der Waals surface area contributed by atoms with Gasteiger partial charge in [0.15, 0.2) is 6.61 Å². The van der Waals surface area contributed by atoms with Crippen LogP contribution in [-0.4, -0.2) is 23.7 Å². The summed E-state index contributed by atoms with van der Waals surface area (Å²) >= 11 is 0. The van der Waals surface area contributed by atoms with Crippen LogP contribution in [0.15, 0.2) is 24.3 Å². The van der Waals surface area contributed by atoms with Crippen molar-refractivity contribution in [2.24, 2.45) is 0 Å². The Morgan fingerprint density at radius 1 is 1.47 bits per heavy atom. The quantitative estimate of drug-likeness (QED) is 0.787. The lowest BCUT2D eigenvalue weighted by atomic mass is 10.2. The molecule has 1 aromatic carbocycles. The number of para-hydroxylation sites is 1. The maximum Gasteiger partial charge on any atom is 0.258 e. The highest BCUT2D eigenvalue weighted by atomic mass is 16.5. The molecule has 0 radical (unpaired) electrons. The Morgan fingerprint density at radius 2 is 2.18 bits per heavy atom. The molecule has 0 spiro atoms. The van der Waals surface area contributed by atoms with Crippen LogP contribution in [0.25, 0.3) is 0 Å². The standard InChI is InChI=1S/C13H19NO3/c1-3-10(2)14-13(16)9-17-12-7-5-4-6-11(12)8-15/h4-7,10,15H,3,8-9H2,1-2H3,(H,14,16). The van der Waals surface area contributed by atoms with Gasteiger partial charge in [0, 0.05) is 11.6 Å². The van der Waals surface area contributed by atoms with Gasteiger partial charge < -0.3 is 15.2 Å². The van der Waals surface area contributed by atoms with E-state index >= 15 is 0 Å². The summed E-state index contributed by atoms with van der Waals surface area (Å²) in [7, 11) is 0. The highest BCUT2D eigenvalue weighted by Gasteiger charge is 2.07. The molecule has 1 aromatic rings. The van der Waals surface area contributed by atoms with E-state index in [2.05, 4.69) is 5.32 Å². The van der Waals surface area contributed by atoms with Crippen LogP contribution < -0.4 is 10.1 Å². The Morgan fingerprint density at radius 3 is 2.82 bits per heavy atom. The molecule has 0 aliphatic carbocycles. The largest absolute Gasteiger partial charge is 0.483 e. The van der Waals surface area contributed by atoms with E-state index < -0.39 is 0 Å². The van der Waals surface area contributed by atoms with Crippen molar-refractivity contribution >= 4 is 5.91 Å². The van der Waals surface area contributed by atoms with Gasteiger partial charge in [0.25, 0.3) is 5.91 Å². The van der Waals surface area contributed by atoms with Crippen LogP contribution in [0.3, 0.4) is 0 Å². The molecule has 1 unspecified atom stereocenters. The fourth-order valence-corrected chi connectivity index (χ4v) is 1.34. The minimum Gasteiger partial charge on any atom is -0.483 e. The maximum absolute atomic E-state index is 11.5. The normalized spacial score (nSPS) is 11.9. The Labute approximate surface area is 102 Å². The van der Waals surface area contributed by atoms with Gasteiger partial charge in [-0.15, -0.1) is 0 Å². The Kier molecular flexibility index (Phi) is 5.49. The number of rotatable bonds is 6. The molecular formula is C13H19NO3. The molecule has 0 saturated carbocycles. The number of hydrogen-bond acceptors (Lipinski definition) is 3. The van der Waals surface area contributed by atoms with Crippen LogP contribution >= 0.6 is 0 Å². The molecule has 0 heterocycles. The van der Waals surface area contributed by atoms with Gasteiger partial charge in [-0.3, -0.25) is 4.79 Å². The van der Waals surface area contributed by atoms with Crippen molar-refractivity contribution in [3.63, 3.8) is 0 Å². The summed E-state index contributed by atoms with van der Waals surface area (Å²) < 4.78 is 5.36. The van der Waals surface area contributed by atoms with E-state index in [0.717, 1.165) is 6.42 Å². The second-order valence-electron chi connectivity index (χ2n) is 3.93. The van der Waals surface area contributed by atoms with E-state index in [-0.39, 0.29) is 25.2 Å². The highest BCUT2D eigenvalue weighted by Crippen LogP contribution is 2.17. The van der Waals surface area contributed by atoms with Crippen molar-refractivity contribution in [2.45, 2.75) is 32.9 Å². The number of hydrogen-bond donors (Lipinski definition) is 2. The number of aliphatic hydroxyl groups is 1. The fourth-order valence-electron chi connectivity index (χ4n) is 1.34. The van der Waals surface area contributed by atoms with Crippen molar-refractivity contribution in [1.82, 2.24) is 5.32 Å². The first-order valence-corrected chi connectivity index (χ1v) is 5.78. The van der Waals surface area contributed by atoms with E-state index in [1.165, 1.54) is 0 Å². The average molecular weight is 237 g/mol. The summed E-state index contributed by atoms with van der Waals surface area (Å²) in [6.45, 7) is 3.83. The smallest absolute Gasteiger partial charge is 0.258 e. The number of nitrogens with one attached hydrogen (secondary N) is 1. The first-order valence-electron chi connectivity index (χ1n) is 5.78. The monoisotopic (exact) mass is 237 g/mol. The van der Waals surface area contributed by atoms with Gasteiger partial charge >= 0.3 is 0 Å². The summed E-state index contributed by atoms with van der Waals surface area (Å²) in [4.78, 5) is 11.5. The molecule has 0 saturated heterocycles. The zero-order valence-electron chi connectivity index (χ0n) is 10.3. The summed E-state index contributed by atoms with van der Waals surface area (Å²) in [6, 6.07) is 7.28. The van der Waals surface area contributed by atoms with Crippen LogP contribution in [0, 0.1) is 0 Å².